The van der Waals surface area contributed by atoms with Crippen molar-refractivity contribution in [3.05, 3.63) is 17.5 Å². The second kappa shape index (κ2) is 5.21. The highest BCUT2D eigenvalue weighted by Crippen LogP contribution is 2.38. The van der Waals surface area contributed by atoms with Crippen LogP contribution in [-0.2, 0) is 0 Å². The van der Waals surface area contributed by atoms with Crippen molar-refractivity contribution in [1.82, 2.24) is 9.78 Å². The molecule has 0 aliphatic heterocycles. The molecule has 0 radical (unpaired) electrons. The molecule has 1 aromatic rings. The lowest BCUT2D eigenvalue weighted by atomic mass is 9.77. The van der Waals surface area contributed by atoms with Crippen LogP contribution in [0.1, 0.15) is 50.0 Å². The van der Waals surface area contributed by atoms with Crippen LogP contribution in [0.15, 0.2) is 6.07 Å². The number of aryl methyl sites for hydroxylation is 2. The highest BCUT2D eigenvalue weighted by Gasteiger charge is 2.31. The van der Waals surface area contributed by atoms with Crippen LogP contribution < -0.4 is 5.73 Å². The summed E-state index contributed by atoms with van der Waals surface area (Å²) >= 11 is 0. The Hall–Kier alpha value is -0.830. The second-order valence-corrected chi connectivity index (χ2v) is 5.52. The van der Waals surface area contributed by atoms with Gasteiger partial charge < -0.3 is 5.73 Å². The molecule has 1 heterocycles. The first-order valence-corrected chi connectivity index (χ1v) is 6.88. The normalized spacial score (nSPS) is 29.5. The molecule has 0 amide bonds. The Bertz CT molecular complexity index is 370. The zero-order valence-electron chi connectivity index (χ0n) is 11.3. The van der Waals surface area contributed by atoms with Gasteiger partial charge in [0.2, 0.25) is 0 Å². The molecule has 3 nitrogen and oxygen atoms in total. The number of nitrogens with zero attached hydrogens (tertiary/aromatic N) is 2. The molecule has 0 aromatic carbocycles. The molecule has 1 fully saturated rings. The molecule has 1 aromatic heterocycles. The first-order chi connectivity index (χ1) is 8.15. The third-order valence-electron chi connectivity index (χ3n) is 4.30. The lowest BCUT2D eigenvalue weighted by molar-refractivity contribution is 0.170. The lowest BCUT2D eigenvalue weighted by Crippen LogP contribution is -2.33. The number of hydrogen-bond donors (Lipinski definition) is 1. The fourth-order valence-corrected chi connectivity index (χ4v) is 3.22. The predicted molar refractivity (Wildman–Crippen MR) is 70.9 cm³/mol. The average Bonchev–Trinajstić information content (AvgIpc) is 2.67. The molecule has 2 rings (SSSR count). The SMILES string of the molecule is CCC1CCC(CN)C(n2nc(C)cc2C)C1. The molecule has 2 N–H and O–H groups in total. The largest absolute Gasteiger partial charge is 0.330 e. The van der Waals surface area contributed by atoms with Gasteiger partial charge in [-0.05, 0) is 57.6 Å². The maximum absolute atomic E-state index is 5.93. The van der Waals surface area contributed by atoms with Gasteiger partial charge in [0.05, 0.1) is 11.7 Å². The Morgan fingerprint density at radius 1 is 1.41 bits per heavy atom. The third kappa shape index (κ3) is 2.54. The van der Waals surface area contributed by atoms with E-state index in [0.717, 1.165) is 18.2 Å². The molecule has 0 saturated heterocycles. The van der Waals surface area contributed by atoms with Gasteiger partial charge in [-0.1, -0.05) is 13.3 Å². The number of hydrogen-bond acceptors (Lipinski definition) is 2. The van der Waals surface area contributed by atoms with Gasteiger partial charge in [0.15, 0.2) is 0 Å². The molecule has 1 aliphatic rings. The van der Waals surface area contributed by atoms with Gasteiger partial charge in [0, 0.05) is 5.69 Å². The van der Waals surface area contributed by atoms with Crippen LogP contribution in [0.4, 0.5) is 0 Å². The van der Waals surface area contributed by atoms with Crippen molar-refractivity contribution in [2.45, 2.75) is 52.5 Å². The summed E-state index contributed by atoms with van der Waals surface area (Å²) in [5, 5.41) is 4.66. The molecular weight excluding hydrogens is 210 g/mol. The van der Waals surface area contributed by atoms with Crippen LogP contribution in [0.2, 0.25) is 0 Å². The van der Waals surface area contributed by atoms with Crippen molar-refractivity contribution in [3.63, 3.8) is 0 Å². The summed E-state index contributed by atoms with van der Waals surface area (Å²) in [6.45, 7) is 7.31. The third-order valence-corrected chi connectivity index (χ3v) is 4.30. The highest BCUT2D eigenvalue weighted by atomic mass is 15.3. The molecule has 3 atom stereocenters. The summed E-state index contributed by atoms with van der Waals surface area (Å²) < 4.78 is 2.23. The fourth-order valence-electron chi connectivity index (χ4n) is 3.22. The van der Waals surface area contributed by atoms with E-state index in [1.165, 1.54) is 31.4 Å². The summed E-state index contributed by atoms with van der Waals surface area (Å²) in [4.78, 5) is 0. The topological polar surface area (TPSA) is 43.8 Å². The molecule has 3 heteroatoms. The first-order valence-electron chi connectivity index (χ1n) is 6.88. The maximum Gasteiger partial charge on any atom is 0.0596 e. The molecule has 1 aliphatic carbocycles. The summed E-state index contributed by atoms with van der Waals surface area (Å²) in [6.07, 6.45) is 5.14. The zero-order valence-corrected chi connectivity index (χ0v) is 11.3. The molecular formula is C14H25N3. The van der Waals surface area contributed by atoms with Gasteiger partial charge >= 0.3 is 0 Å². The lowest BCUT2D eigenvalue weighted by Gasteiger charge is -2.36. The predicted octanol–water partition coefficient (Wildman–Crippen LogP) is 2.83. The number of rotatable bonds is 3. The Balaban J connectivity index is 2.23. The van der Waals surface area contributed by atoms with E-state index in [-0.39, 0.29) is 0 Å². The maximum atomic E-state index is 5.93. The Morgan fingerprint density at radius 3 is 2.71 bits per heavy atom. The van der Waals surface area contributed by atoms with E-state index in [9.17, 15) is 0 Å². The summed E-state index contributed by atoms with van der Waals surface area (Å²) in [6, 6.07) is 2.69. The Morgan fingerprint density at radius 2 is 2.18 bits per heavy atom. The minimum atomic E-state index is 0.521. The van der Waals surface area contributed by atoms with Crippen LogP contribution in [0.25, 0.3) is 0 Å². The molecule has 17 heavy (non-hydrogen) atoms. The zero-order chi connectivity index (χ0) is 12.4. The van der Waals surface area contributed by atoms with E-state index in [1.54, 1.807) is 0 Å². The Labute approximate surface area is 104 Å². The standard InChI is InChI=1S/C14H25N3/c1-4-12-5-6-13(9-15)14(8-12)17-11(3)7-10(2)16-17/h7,12-14H,4-6,8-9,15H2,1-3H3. The van der Waals surface area contributed by atoms with Crippen LogP contribution in [-0.4, -0.2) is 16.3 Å². The summed E-state index contributed by atoms with van der Waals surface area (Å²) in [7, 11) is 0. The van der Waals surface area contributed by atoms with Gasteiger partial charge in [0.25, 0.3) is 0 Å². The van der Waals surface area contributed by atoms with Crippen molar-refractivity contribution in [2.75, 3.05) is 6.54 Å². The molecule has 1 saturated carbocycles. The van der Waals surface area contributed by atoms with Gasteiger partial charge in [-0.3, -0.25) is 4.68 Å². The van der Waals surface area contributed by atoms with Crippen LogP contribution >= 0.6 is 0 Å². The Kier molecular flexibility index (Phi) is 3.87. The van der Waals surface area contributed by atoms with Crippen molar-refractivity contribution in [2.24, 2.45) is 17.6 Å². The quantitative estimate of drug-likeness (QED) is 0.875. The smallest absolute Gasteiger partial charge is 0.0596 e. The van der Waals surface area contributed by atoms with Gasteiger partial charge in [-0.15, -0.1) is 0 Å². The van der Waals surface area contributed by atoms with Gasteiger partial charge in [-0.2, -0.15) is 5.10 Å². The van der Waals surface area contributed by atoms with E-state index < -0.39 is 0 Å². The number of nitrogens with two attached hydrogens (primary N) is 1. The molecule has 0 bridgehead atoms. The van der Waals surface area contributed by atoms with E-state index in [1.807, 2.05) is 0 Å². The van der Waals surface area contributed by atoms with Crippen molar-refractivity contribution < 1.29 is 0 Å². The minimum Gasteiger partial charge on any atom is -0.330 e. The molecule has 3 unspecified atom stereocenters. The van der Waals surface area contributed by atoms with Gasteiger partial charge in [0.1, 0.15) is 0 Å². The second-order valence-electron chi connectivity index (χ2n) is 5.52. The van der Waals surface area contributed by atoms with Crippen molar-refractivity contribution in [3.8, 4) is 0 Å². The summed E-state index contributed by atoms with van der Waals surface area (Å²) in [5.41, 5.74) is 8.34. The first kappa shape index (κ1) is 12.6. The van der Waals surface area contributed by atoms with Gasteiger partial charge in [-0.25, -0.2) is 0 Å². The monoisotopic (exact) mass is 235 g/mol. The van der Waals surface area contributed by atoms with E-state index in [2.05, 4.69) is 36.6 Å². The average molecular weight is 235 g/mol. The fraction of sp³-hybridized carbons (Fsp3) is 0.786. The molecule has 0 spiro atoms. The van der Waals surface area contributed by atoms with Crippen molar-refractivity contribution in [1.29, 1.82) is 0 Å². The summed E-state index contributed by atoms with van der Waals surface area (Å²) in [5.74, 6) is 1.46. The van der Waals surface area contributed by atoms with Crippen LogP contribution in [0.5, 0.6) is 0 Å². The minimum absolute atomic E-state index is 0.521. The van der Waals surface area contributed by atoms with E-state index in [0.29, 0.717) is 12.0 Å². The van der Waals surface area contributed by atoms with Crippen LogP contribution in [0.3, 0.4) is 0 Å². The van der Waals surface area contributed by atoms with E-state index in [4.69, 9.17) is 5.73 Å². The molecule has 96 valence electrons. The van der Waals surface area contributed by atoms with Crippen LogP contribution in [0, 0.1) is 25.7 Å². The van der Waals surface area contributed by atoms with E-state index >= 15 is 0 Å². The number of aromatic nitrogens is 2. The van der Waals surface area contributed by atoms with Crippen molar-refractivity contribution >= 4 is 0 Å². The highest BCUT2D eigenvalue weighted by molar-refractivity contribution is 5.08.